The van der Waals surface area contributed by atoms with Gasteiger partial charge in [0, 0.05) is 12.1 Å². The van der Waals surface area contributed by atoms with Crippen molar-refractivity contribution >= 4 is 0 Å². The lowest BCUT2D eigenvalue weighted by Gasteiger charge is -2.35. The fourth-order valence-corrected chi connectivity index (χ4v) is 2.77. The molecule has 1 fully saturated rings. The van der Waals surface area contributed by atoms with Gasteiger partial charge in [-0.15, -0.1) is 0 Å². The van der Waals surface area contributed by atoms with Crippen LogP contribution in [0.25, 0.3) is 0 Å². The van der Waals surface area contributed by atoms with Crippen LogP contribution < -0.4 is 5.73 Å². The first-order chi connectivity index (χ1) is 7.63. The van der Waals surface area contributed by atoms with Gasteiger partial charge in [0.2, 0.25) is 0 Å². The number of nitrogens with zero attached hydrogens (tertiary/aromatic N) is 1. The minimum atomic E-state index is 0.477. The third kappa shape index (κ3) is 4.84. The normalized spacial score (nSPS) is 26.6. The van der Waals surface area contributed by atoms with Gasteiger partial charge in [-0.1, -0.05) is 20.8 Å². The number of hydrogen-bond acceptors (Lipinski definition) is 2. The van der Waals surface area contributed by atoms with Crippen LogP contribution in [0.5, 0.6) is 0 Å². The second kappa shape index (κ2) is 7.29. The van der Waals surface area contributed by atoms with Crippen molar-refractivity contribution in [3.63, 3.8) is 0 Å². The van der Waals surface area contributed by atoms with Crippen LogP contribution in [0.1, 0.15) is 59.3 Å². The van der Waals surface area contributed by atoms with Crippen LogP contribution in [0.2, 0.25) is 0 Å². The fraction of sp³-hybridized carbons (Fsp3) is 1.00. The molecule has 16 heavy (non-hydrogen) atoms. The van der Waals surface area contributed by atoms with E-state index < -0.39 is 0 Å². The summed E-state index contributed by atoms with van der Waals surface area (Å²) in [5.41, 5.74) is 5.96. The van der Waals surface area contributed by atoms with Crippen molar-refractivity contribution in [1.82, 2.24) is 4.90 Å². The zero-order valence-electron chi connectivity index (χ0n) is 11.4. The van der Waals surface area contributed by atoms with Gasteiger partial charge in [-0.2, -0.15) is 0 Å². The van der Waals surface area contributed by atoms with Gasteiger partial charge in [0.05, 0.1) is 0 Å². The highest BCUT2D eigenvalue weighted by molar-refractivity contribution is 4.80. The number of hydrogen-bond donors (Lipinski definition) is 1. The lowest BCUT2D eigenvalue weighted by molar-refractivity contribution is 0.152. The van der Waals surface area contributed by atoms with E-state index in [4.69, 9.17) is 5.73 Å². The topological polar surface area (TPSA) is 29.3 Å². The Bertz CT molecular complexity index is 172. The molecule has 0 atom stereocenters. The van der Waals surface area contributed by atoms with Crippen LogP contribution >= 0.6 is 0 Å². The lowest BCUT2D eigenvalue weighted by atomic mass is 9.90. The predicted molar refractivity (Wildman–Crippen MR) is 71.6 cm³/mol. The summed E-state index contributed by atoms with van der Waals surface area (Å²) in [6.45, 7) is 9.42. The van der Waals surface area contributed by atoms with Crippen molar-refractivity contribution in [2.75, 3.05) is 13.1 Å². The first kappa shape index (κ1) is 14.0. The molecule has 0 saturated heterocycles. The summed E-state index contributed by atoms with van der Waals surface area (Å²) in [4.78, 5) is 2.67. The van der Waals surface area contributed by atoms with E-state index in [1.165, 1.54) is 51.6 Å². The highest BCUT2D eigenvalue weighted by Gasteiger charge is 2.22. The Morgan fingerprint density at radius 1 is 1.19 bits per heavy atom. The van der Waals surface area contributed by atoms with Gasteiger partial charge in [0.1, 0.15) is 0 Å². The first-order valence-electron chi connectivity index (χ1n) is 7.13. The van der Waals surface area contributed by atoms with E-state index in [-0.39, 0.29) is 0 Å². The highest BCUT2D eigenvalue weighted by Crippen LogP contribution is 2.22. The highest BCUT2D eigenvalue weighted by atomic mass is 15.1. The maximum absolute atomic E-state index is 5.96. The van der Waals surface area contributed by atoms with Crippen LogP contribution in [0, 0.1) is 5.92 Å². The van der Waals surface area contributed by atoms with E-state index in [0.29, 0.717) is 6.04 Å². The standard InChI is InChI=1S/C14H30N2/c1-4-16(11-5-6-12(2)3)14-9-7-13(15)8-10-14/h12-14H,4-11,15H2,1-3H3. The van der Waals surface area contributed by atoms with Gasteiger partial charge >= 0.3 is 0 Å². The molecule has 1 aliphatic rings. The van der Waals surface area contributed by atoms with Crippen molar-refractivity contribution in [2.24, 2.45) is 11.7 Å². The zero-order valence-corrected chi connectivity index (χ0v) is 11.4. The smallest absolute Gasteiger partial charge is 0.00962 e. The average Bonchev–Trinajstić information content (AvgIpc) is 2.26. The summed E-state index contributed by atoms with van der Waals surface area (Å²) in [6, 6.07) is 1.29. The Labute approximate surface area is 102 Å². The van der Waals surface area contributed by atoms with Crippen LogP contribution in [0.4, 0.5) is 0 Å². The molecule has 0 aromatic heterocycles. The summed E-state index contributed by atoms with van der Waals surface area (Å²) in [5.74, 6) is 0.846. The van der Waals surface area contributed by atoms with Gasteiger partial charge in [-0.25, -0.2) is 0 Å². The molecule has 0 spiro atoms. The summed E-state index contributed by atoms with van der Waals surface area (Å²) < 4.78 is 0. The Morgan fingerprint density at radius 2 is 1.81 bits per heavy atom. The van der Waals surface area contributed by atoms with Gasteiger partial charge < -0.3 is 10.6 Å². The Balaban J connectivity index is 2.24. The quantitative estimate of drug-likeness (QED) is 0.754. The molecular weight excluding hydrogens is 196 g/mol. The van der Waals surface area contributed by atoms with Crippen molar-refractivity contribution < 1.29 is 0 Å². The monoisotopic (exact) mass is 226 g/mol. The lowest BCUT2D eigenvalue weighted by Crippen LogP contribution is -2.41. The molecule has 96 valence electrons. The molecule has 2 N–H and O–H groups in total. The van der Waals surface area contributed by atoms with E-state index in [0.717, 1.165) is 12.0 Å². The SMILES string of the molecule is CCN(CCCC(C)C)C1CCC(N)CC1. The van der Waals surface area contributed by atoms with Crippen molar-refractivity contribution in [1.29, 1.82) is 0 Å². The minimum Gasteiger partial charge on any atom is -0.328 e. The van der Waals surface area contributed by atoms with E-state index in [1.54, 1.807) is 0 Å². The molecule has 0 amide bonds. The molecule has 0 heterocycles. The van der Waals surface area contributed by atoms with Gasteiger partial charge in [0.15, 0.2) is 0 Å². The molecule has 1 saturated carbocycles. The molecule has 2 heteroatoms. The fourth-order valence-electron chi connectivity index (χ4n) is 2.77. The maximum Gasteiger partial charge on any atom is 0.00962 e. The minimum absolute atomic E-state index is 0.477. The summed E-state index contributed by atoms with van der Waals surface area (Å²) in [6.07, 6.45) is 7.81. The van der Waals surface area contributed by atoms with Crippen molar-refractivity contribution in [3.05, 3.63) is 0 Å². The van der Waals surface area contributed by atoms with Crippen LogP contribution in [0.3, 0.4) is 0 Å². The number of rotatable bonds is 6. The average molecular weight is 226 g/mol. The second-order valence-corrected chi connectivity index (χ2v) is 5.73. The van der Waals surface area contributed by atoms with Gasteiger partial charge in [0.25, 0.3) is 0 Å². The molecular formula is C14H30N2. The third-order valence-corrected chi connectivity index (χ3v) is 3.89. The Kier molecular flexibility index (Phi) is 6.37. The molecule has 0 unspecified atom stereocenters. The van der Waals surface area contributed by atoms with Crippen molar-refractivity contribution in [2.45, 2.75) is 71.4 Å². The van der Waals surface area contributed by atoms with Gasteiger partial charge in [-0.05, 0) is 57.5 Å². The van der Waals surface area contributed by atoms with E-state index in [1.807, 2.05) is 0 Å². The van der Waals surface area contributed by atoms with Crippen LogP contribution in [-0.2, 0) is 0 Å². The molecule has 0 radical (unpaired) electrons. The summed E-state index contributed by atoms with van der Waals surface area (Å²) >= 11 is 0. The maximum atomic E-state index is 5.96. The first-order valence-corrected chi connectivity index (χ1v) is 7.13. The summed E-state index contributed by atoms with van der Waals surface area (Å²) in [5, 5.41) is 0. The van der Waals surface area contributed by atoms with Crippen LogP contribution in [0.15, 0.2) is 0 Å². The van der Waals surface area contributed by atoms with Crippen molar-refractivity contribution in [3.8, 4) is 0 Å². The zero-order chi connectivity index (χ0) is 12.0. The molecule has 1 aliphatic carbocycles. The van der Waals surface area contributed by atoms with E-state index >= 15 is 0 Å². The Morgan fingerprint density at radius 3 is 2.31 bits per heavy atom. The van der Waals surface area contributed by atoms with Crippen LogP contribution in [-0.4, -0.2) is 30.1 Å². The molecule has 1 rings (SSSR count). The van der Waals surface area contributed by atoms with E-state index in [2.05, 4.69) is 25.7 Å². The molecule has 0 aliphatic heterocycles. The molecule has 0 bridgehead atoms. The molecule has 0 aromatic rings. The molecule has 0 aromatic carbocycles. The third-order valence-electron chi connectivity index (χ3n) is 3.89. The second-order valence-electron chi connectivity index (χ2n) is 5.73. The van der Waals surface area contributed by atoms with E-state index in [9.17, 15) is 0 Å². The largest absolute Gasteiger partial charge is 0.328 e. The summed E-state index contributed by atoms with van der Waals surface area (Å²) in [7, 11) is 0. The van der Waals surface area contributed by atoms with Gasteiger partial charge in [-0.3, -0.25) is 0 Å². The number of nitrogens with two attached hydrogens (primary N) is 1. The molecule has 2 nitrogen and oxygen atoms in total. The Hall–Kier alpha value is -0.0800. The predicted octanol–water partition coefficient (Wildman–Crippen LogP) is 3.01.